The van der Waals surface area contributed by atoms with Crippen molar-refractivity contribution in [2.24, 2.45) is 4.99 Å². The van der Waals surface area contributed by atoms with E-state index in [2.05, 4.69) is 99.1 Å². The molecule has 0 aromatic heterocycles. The van der Waals surface area contributed by atoms with Gasteiger partial charge in [0.2, 0.25) is 0 Å². The zero-order chi connectivity index (χ0) is 27.2. The fraction of sp³-hybridized carbons (Fsp3) is 0.333. The van der Waals surface area contributed by atoms with Crippen LogP contribution in [0.4, 0.5) is 0 Å². The number of hydrogen-bond donors (Lipinski definition) is 0. The van der Waals surface area contributed by atoms with Crippen LogP contribution in [0.15, 0.2) is 95.6 Å². The molecule has 0 N–H and O–H groups in total. The summed E-state index contributed by atoms with van der Waals surface area (Å²) in [5, 5.41) is 0.657. The standard InChI is InChI=1S/C13H12.C12H22N2.C8H7ClO/c1-11-7-5-6-10-13(11)12-8-3-2-4-9-12;1-5-11(6-2)13-10(4)14(7-3)12-8-9-12;1-6(10)7-2-4-8(9)5-3-7/h2-10H,1H3;5,12H,6-9H2,1-4H3;2-5H,1H3/b;11-5-,13-10?;. The minimum atomic E-state index is 0.0664. The minimum absolute atomic E-state index is 0.0664. The van der Waals surface area contributed by atoms with E-state index < -0.39 is 0 Å². The summed E-state index contributed by atoms with van der Waals surface area (Å²) in [5.41, 5.74) is 5.84. The number of carbonyl (C=O) groups is 1. The molecule has 0 unspecified atom stereocenters. The van der Waals surface area contributed by atoms with Crippen molar-refractivity contribution in [1.82, 2.24) is 4.90 Å². The zero-order valence-corrected chi connectivity index (χ0v) is 23.9. The van der Waals surface area contributed by atoms with E-state index in [9.17, 15) is 4.79 Å². The topological polar surface area (TPSA) is 32.7 Å². The lowest BCUT2D eigenvalue weighted by molar-refractivity contribution is 0.101. The second kappa shape index (κ2) is 15.8. The third-order valence-corrected chi connectivity index (χ3v) is 6.48. The molecule has 0 spiro atoms. The Labute approximate surface area is 228 Å². The summed E-state index contributed by atoms with van der Waals surface area (Å²) in [7, 11) is 0. The van der Waals surface area contributed by atoms with E-state index in [1.807, 2.05) is 6.07 Å². The van der Waals surface area contributed by atoms with Gasteiger partial charge in [-0.1, -0.05) is 79.2 Å². The number of aryl methyl sites for hydroxylation is 1. The van der Waals surface area contributed by atoms with Crippen molar-refractivity contribution >= 4 is 23.2 Å². The summed E-state index contributed by atoms with van der Waals surface area (Å²) < 4.78 is 0. The van der Waals surface area contributed by atoms with Crippen LogP contribution in [-0.4, -0.2) is 29.1 Å². The van der Waals surface area contributed by atoms with E-state index in [1.165, 1.54) is 48.0 Å². The van der Waals surface area contributed by atoms with Crippen molar-refractivity contribution < 1.29 is 4.79 Å². The molecule has 0 radical (unpaired) electrons. The van der Waals surface area contributed by atoms with Crippen molar-refractivity contribution in [2.75, 3.05) is 6.54 Å². The molecule has 3 nitrogen and oxygen atoms in total. The average molecular weight is 517 g/mol. The first-order valence-corrected chi connectivity index (χ1v) is 13.5. The molecule has 0 aliphatic heterocycles. The highest BCUT2D eigenvalue weighted by Gasteiger charge is 2.28. The maximum atomic E-state index is 10.7. The Morgan fingerprint density at radius 1 is 0.946 bits per heavy atom. The highest BCUT2D eigenvalue weighted by Crippen LogP contribution is 2.27. The van der Waals surface area contributed by atoms with Crippen LogP contribution in [-0.2, 0) is 0 Å². The van der Waals surface area contributed by atoms with E-state index in [4.69, 9.17) is 11.6 Å². The normalized spacial score (nSPS) is 13.1. The number of hydrogen-bond acceptors (Lipinski definition) is 2. The molecule has 0 amide bonds. The first kappa shape index (κ1) is 30.1. The molecule has 4 rings (SSSR count). The fourth-order valence-electron chi connectivity index (χ4n) is 3.96. The number of halogens is 1. The molecule has 1 saturated carbocycles. The highest BCUT2D eigenvalue weighted by atomic mass is 35.5. The Balaban J connectivity index is 0.000000198. The predicted octanol–water partition coefficient (Wildman–Crippen LogP) is 9.41. The number of aliphatic imine (C=N–C) groups is 1. The summed E-state index contributed by atoms with van der Waals surface area (Å²) in [6, 6.07) is 26.5. The van der Waals surface area contributed by atoms with Crippen LogP contribution in [0.25, 0.3) is 11.1 Å². The van der Waals surface area contributed by atoms with Crippen molar-refractivity contribution in [3.8, 4) is 11.1 Å². The lowest BCUT2D eigenvalue weighted by Gasteiger charge is -2.22. The first-order valence-electron chi connectivity index (χ1n) is 13.1. The molecule has 3 aromatic carbocycles. The molecule has 1 fully saturated rings. The van der Waals surface area contributed by atoms with Crippen molar-refractivity contribution in [3.63, 3.8) is 0 Å². The molecule has 0 bridgehead atoms. The van der Waals surface area contributed by atoms with Crippen LogP contribution in [0.1, 0.15) is 69.8 Å². The van der Waals surface area contributed by atoms with Gasteiger partial charge < -0.3 is 4.90 Å². The number of amidine groups is 1. The van der Waals surface area contributed by atoms with Crippen LogP contribution in [0.3, 0.4) is 0 Å². The summed E-state index contributed by atoms with van der Waals surface area (Å²) in [6.45, 7) is 13.3. The number of allylic oxidation sites excluding steroid dienone is 2. The molecular weight excluding hydrogens is 476 g/mol. The third kappa shape index (κ3) is 10.4. The maximum Gasteiger partial charge on any atom is 0.159 e. The van der Waals surface area contributed by atoms with Crippen molar-refractivity contribution in [1.29, 1.82) is 0 Å². The quantitative estimate of drug-likeness (QED) is 0.185. The minimum Gasteiger partial charge on any atom is -0.358 e. The molecule has 3 aromatic rings. The lowest BCUT2D eigenvalue weighted by Crippen LogP contribution is -2.30. The molecule has 0 heterocycles. The number of Topliss-reactive ketones (excluding diaryl/α,β-unsaturated/α-hetero) is 1. The van der Waals surface area contributed by atoms with Gasteiger partial charge in [0, 0.05) is 28.9 Å². The van der Waals surface area contributed by atoms with Crippen LogP contribution < -0.4 is 0 Å². The molecule has 4 heteroatoms. The fourth-order valence-corrected chi connectivity index (χ4v) is 4.08. The Morgan fingerprint density at radius 3 is 2.03 bits per heavy atom. The first-order chi connectivity index (χ1) is 17.8. The molecule has 1 aliphatic rings. The van der Waals surface area contributed by atoms with Gasteiger partial charge in [0.05, 0.1) is 0 Å². The number of carbonyl (C=O) groups excluding carboxylic acids is 1. The Hall–Kier alpha value is -3.17. The van der Waals surface area contributed by atoms with Gasteiger partial charge in [0.25, 0.3) is 0 Å². The van der Waals surface area contributed by atoms with Gasteiger partial charge >= 0.3 is 0 Å². The van der Waals surface area contributed by atoms with Gasteiger partial charge in [0.15, 0.2) is 5.78 Å². The summed E-state index contributed by atoms with van der Waals surface area (Å²) in [5.74, 6) is 1.25. The van der Waals surface area contributed by atoms with Crippen LogP contribution in [0.2, 0.25) is 5.02 Å². The van der Waals surface area contributed by atoms with E-state index in [0.29, 0.717) is 10.6 Å². The van der Waals surface area contributed by atoms with Crippen molar-refractivity contribution in [3.05, 3.63) is 107 Å². The van der Waals surface area contributed by atoms with Gasteiger partial charge in [0.1, 0.15) is 5.84 Å². The van der Waals surface area contributed by atoms with Gasteiger partial charge in [-0.3, -0.25) is 4.79 Å². The summed E-state index contributed by atoms with van der Waals surface area (Å²) in [6.07, 6.45) is 5.82. The molecule has 196 valence electrons. The number of rotatable bonds is 6. The number of ketones is 1. The maximum absolute atomic E-state index is 10.7. The van der Waals surface area contributed by atoms with Crippen LogP contribution in [0, 0.1) is 6.92 Å². The lowest BCUT2D eigenvalue weighted by atomic mass is 10.0. The van der Waals surface area contributed by atoms with Crippen LogP contribution >= 0.6 is 11.6 Å². The molecule has 37 heavy (non-hydrogen) atoms. The SMILES string of the molecule is C/C=C(/CC)N=C(C)N(CC)C1CC1.CC(=O)c1ccc(Cl)cc1.Cc1ccccc1-c1ccccc1. The summed E-state index contributed by atoms with van der Waals surface area (Å²) >= 11 is 5.61. The highest BCUT2D eigenvalue weighted by molar-refractivity contribution is 6.30. The largest absolute Gasteiger partial charge is 0.358 e. The predicted molar refractivity (Wildman–Crippen MR) is 161 cm³/mol. The van der Waals surface area contributed by atoms with E-state index in [0.717, 1.165) is 19.0 Å². The average Bonchev–Trinajstić information content (AvgIpc) is 3.75. The Kier molecular flexibility index (Phi) is 12.9. The molecular formula is C33H41ClN2O. The van der Waals surface area contributed by atoms with Crippen LogP contribution in [0.5, 0.6) is 0 Å². The molecule has 0 atom stereocenters. The van der Waals surface area contributed by atoms with Gasteiger partial charge in [-0.15, -0.1) is 0 Å². The summed E-state index contributed by atoms with van der Waals surface area (Å²) in [4.78, 5) is 17.8. The van der Waals surface area contributed by atoms with E-state index in [1.54, 1.807) is 24.3 Å². The number of benzene rings is 3. The second-order valence-corrected chi connectivity index (χ2v) is 9.49. The van der Waals surface area contributed by atoms with Gasteiger partial charge in [-0.25, -0.2) is 4.99 Å². The Bertz CT molecular complexity index is 1160. The monoisotopic (exact) mass is 516 g/mol. The molecule has 0 saturated heterocycles. The second-order valence-electron chi connectivity index (χ2n) is 9.05. The van der Waals surface area contributed by atoms with Gasteiger partial charge in [-0.2, -0.15) is 0 Å². The number of nitrogens with zero attached hydrogens (tertiary/aromatic N) is 2. The van der Waals surface area contributed by atoms with E-state index >= 15 is 0 Å². The molecule has 1 aliphatic carbocycles. The van der Waals surface area contributed by atoms with Gasteiger partial charge in [-0.05, 0) is 94.8 Å². The zero-order valence-electron chi connectivity index (χ0n) is 23.2. The van der Waals surface area contributed by atoms with Crippen molar-refractivity contribution in [2.45, 2.75) is 66.8 Å². The smallest absolute Gasteiger partial charge is 0.159 e. The van der Waals surface area contributed by atoms with E-state index in [-0.39, 0.29) is 5.78 Å². The Morgan fingerprint density at radius 2 is 1.54 bits per heavy atom. The third-order valence-electron chi connectivity index (χ3n) is 6.23.